The van der Waals surface area contributed by atoms with Crippen LogP contribution in [0.5, 0.6) is 5.75 Å². The highest BCUT2D eigenvalue weighted by Crippen LogP contribution is 2.12. The summed E-state index contributed by atoms with van der Waals surface area (Å²) in [7, 11) is 0. The predicted molar refractivity (Wildman–Crippen MR) is 61.1 cm³/mol. The number of carbonyl (C=O) groups is 1. The lowest BCUT2D eigenvalue weighted by Gasteiger charge is -2.03. The van der Waals surface area contributed by atoms with Gasteiger partial charge in [0.1, 0.15) is 5.75 Å². The lowest BCUT2D eigenvalue weighted by atomic mass is 10.2. The molecule has 1 radical (unpaired) electrons. The second-order valence-corrected chi connectivity index (χ2v) is 3.25. The maximum atomic E-state index is 11.7. The van der Waals surface area contributed by atoms with Crippen LogP contribution in [0.4, 0.5) is 5.69 Å². The Morgan fingerprint density at radius 1 is 1.06 bits per heavy atom. The van der Waals surface area contributed by atoms with E-state index in [1.54, 1.807) is 48.5 Å². The number of rotatable bonds is 2. The van der Waals surface area contributed by atoms with Gasteiger partial charge in [-0.2, -0.15) is 0 Å². The molecule has 79 valence electrons. The third-order valence-electron chi connectivity index (χ3n) is 2.04. The Morgan fingerprint density at radius 2 is 1.69 bits per heavy atom. The SMILES string of the molecule is Nc1ccc(C(=O)Oc2cc[c]cc2)cc1. The van der Waals surface area contributed by atoms with Gasteiger partial charge in [0.2, 0.25) is 0 Å². The van der Waals surface area contributed by atoms with Crippen LogP contribution in [0.15, 0.2) is 48.5 Å². The van der Waals surface area contributed by atoms with E-state index in [1.807, 2.05) is 0 Å². The fourth-order valence-electron chi connectivity index (χ4n) is 1.22. The van der Waals surface area contributed by atoms with Crippen molar-refractivity contribution < 1.29 is 9.53 Å². The summed E-state index contributed by atoms with van der Waals surface area (Å²) >= 11 is 0. The highest BCUT2D eigenvalue weighted by molar-refractivity contribution is 5.91. The van der Waals surface area contributed by atoms with Crippen molar-refractivity contribution in [2.45, 2.75) is 0 Å². The Labute approximate surface area is 93.5 Å². The fraction of sp³-hybridized carbons (Fsp3) is 0. The molecular formula is C13H10NO2. The summed E-state index contributed by atoms with van der Waals surface area (Å²) in [6.07, 6.45) is 0. The van der Waals surface area contributed by atoms with Crippen molar-refractivity contribution in [1.29, 1.82) is 0 Å². The monoisotopic (exact) mass is 212 g/mol. The summed E-state index contributed by atoms with van der Waals surface area (Å²) in [4.78, 5) is 11.7. The first-order chi connectivity index (χ1) is 7.75. The summed E-state index contributed by atoms with van der Waals surface area (Å²) in [6.45, 7) is 0. The van der Waals surface area contributed by atoms with Crippen molar-refractivity contribution >= 4 is 11.7 Å². The van der Waals surface area contributed by atoms with Gasteiger partial charge in [-0.15, -0.1) is 0 Å². The molecule has 0 heterocycles. The van der Waals surface area contributed by atoms with E-state index in [1.165, 1.54) is 0 Å². The van der Waals surface area contributed by atoms with Crippen LogP contribution in [0.25, 0.3) is 0 Å². The smallest absolute Gasteiger partial charge is 0.343 e. The van der Waals surface area contributed by atoms with Gasteiger partial charge in [0.25, 0.3) is 0 Å². The van der Waals surface area contributed by atoms with Crippen molar-refractivity contribution in [2.24, 2.45) is 0 Å². The number of hydrogen-bond acceptors (Lipinski definition) is 3. The first-order valence-electron chi connectivity index (χ1n) is 4.79. The highest BCUT2D eigenvalue weighted by atomic mass is 16.5. The van der Waals surface area contributed by atoms with Crippen molar-refractivity contribution in [3.8, 4) is 5.75 Å². The number of carbonyl (C=O) groups excluding carboxylic acids is 1. The van der Waals surface area contributed by atoms with Gasteiger partial charge in [0, 0.05) is 5.69 Å². The normalized spacial score (nSPS) is 9.75. The Hall–Kier alpha value is -2.29. The van der Waals surface area contributed by atoms with Gasteiger partial charge in [0.15, 0.2) is 0 Å². The van der Waals surface area contributed by atoms with E-state index in [-0.39, 0.29) is 0 Å². The number of anilines is 1. The van der Waals surface area contributed by atoms with Crippen LogP contribution in [0.2, 0.25) is 0 Å². The second kappa shape index (κ2) is 4.49. The largest absolute Gasteiger partial charge is 0.423 e. The summed E-state index contributed by atoms with van der Waals surface area (Å²) in [5.74, 6) is 0.103. The predicted octanol–water partition coefficient (Wildman–Crippen LogP) is 2.29. The van der Waals surface area contributed by atoms with Crippen LogP contribution in [-0.2, 0) is 0 Å². The van der Waals surface area contributed by atoms with Crippen LogP contribution in [0, 0.1) is 6.07 Å². The first-order valence-corrected chi connectivity index (χ1v) is 4.79. The second-order valence-electron chi connectivity index (χ2n) is 3.25. The van der Waals surface area contributed by atoms with Crippen molar-refractivity contribution in [2.75, 3.05) is 5.73 Å². The molecule has 0 saturated carbocycles. The molecule has 0 aromatic heterocycles. The number of nitrogens with two attached hydrogens (primary N) is 1. The van der Waals surface area contributed by atoms with Gasteiger partial charge in [-0.25, -0.2) is 4.79 Å². The van der Waals surface area contributed by atoms with E-state index in [0.29, 0.717) is 17.0 Å². The number of esters is 1. The van der Waals surface area contributed by atoms with Crippen LogP contribution >= 0.6 is 0 Å². The molecule has 2 aromatic carbocycles. The van der Waals surface area contributed by atoms with Crippen LogP contribution in [-0.4, -0.2) is 5.97 Å². The minimum atomic E-state index is -0.397. The molecule has 0 spiro atoms. The summed E-state index contributed by atoms with van der Waals surface area (Å²) in [5, 5.41) is 0. The van der Waals surface area contributed by atoms with Crippen LogP contribution < -0.4 is 10.5 Å². The van der Waals surface area contributed by atoms with Crippen molar-refractivity contribution in [3.63, 3.8) is 0 Å². The first kappa shape index (κ1) is 10.2. The van der Waals surface area contributed by atoms with E-state index >= 15 is 0 Å². The molecule has 0 saturated heterocycles. The molecule has 0 atom stereocenters. The molecule has 16 heavy (non-hydrogen) atoms. The molecule has 0 amide bonds. The Balaban J connectivity index is 2.12. The van der Waals surface area contributed by atoms with E-state index in [9.17, 15) is 4.79 Å². The molecule has 0 aliphatic rings. The molecule has 2 N–H and O–H groups in total. The highest BCUT2D eigenvalue weighted by Gasteiger charge is 2.07. The van der Waals surface area contributed by atoms with Gasteiger partial charge in [-0.05, 0) is 42.5 Å². The van der Waals surface area contributed by atoms with Gasteiger partial charge in [-0.1, -0.05) is 12.1 Å². The van der Waals surface area contributed by atoms with Gasteiger partial charge >= 0.3 is 5.97 Å². The van der Waals surface area contributed by atoms with Crippen LogP contribution in [0.1, 0.15) is 10.4 Å². The summed E-state index contributed by atoms with van der Waals surface area (Å²) < 4.78 is 5.14. The summed E-state index contributed by atoms with van der Waals surface area (Å²) in [5.41, 5.74) is 6.61. The van der Waals surface area contributed by atoms with Crippen molar-refractivity contribution in [3.05, 3.63) is 60.2 Å². The van der Waals surface area contributed by atoms with E-state index in [2.05, 4.69) is 6.07 Å². The fourth-order valence-corrected chi connectivity index (χ4v) is 1.22. The molecule has 2 rings (SSSR count). The molecule has 0 aliphatic carbocycles. The van der Waals surface area contributed by atoms with Gasteiger partial charge in [-0.3, -0.25) is 0 Å². The van der Waals surface area contributed by atoms with E-state index in [0.717, 1.165) is 0 Å². The molecule has 0 aliphatic heterocycles. The molecular weight excluding hydrogens is 202 g/mol. The number of ether oxygens (including phenoxy) is 1. The maximum absolute atomic E-state index is 11.7. The lowest BCUT2D eigenvalue weighted by molar-refractivity contribution is 0.0735. The van der Waals surface area contributed by atoms with E-state index < -0.39 is 5.97 Å². The standard InChI is InChI=1S/C13H10NO2/c14-11-8-6-10(7-9-11)13(15)16-12-4-2-1-3-5-12/h2-9H,14H2. The number of hydrogen-bond donors (Lipinski definition) is 1. The molecule has 0 unspecified atom stereocenters. The van der Waals surface area contributed by atoms with Gasteiger partial charge < -0.3 is 10.5 Å². The Morgan fingerprint density at radius 3 is 2.31 bits per heavy atom. The zero-order chi connectivity index (χ0) is 11.4. The molecule has 3 heteroatoms. The zero-order valence-corrected chi connectivity index (χ0v) is 8.51. The minimum absolute atomic E-state index is 0.397. The zero-order valence-electron chi connectivity index (χ0n) is 8.51. The lowest BCUT2D eigenvalue weighted by Crippen LogP contribution is -2.08. The Kier molecular flexibility index (Phi) is 2.87. The third-order valence-corrected chi connectivity index (χ3v) is 2.04. The molecule has 3 nitrogen and oxygen atoms in total. The minimum Gasteiger partial charge on any atom is -0.423 e. The van der Waals surface area contributed by atoms with Crippen LogP contribution in [0.3, 0.4) is 0 Å². The molecule has 2 aromatic rings. The average molecular weight is 212 g/mol. The average Bonchev–Trinajstić information content (AvgIpc) is 2.31. The quantitative estimate of drug-likeness (QED) is 0.472. The van der Waals surface area contributed by atoms with Crippen molar-refractivity contribution in [1.82, 2.24) is 0 Å². The molecule has 0 fully saturated rings. The topological polar surface area (TPSA) is 52.3 Å². The Bertz CT molecular complexity index is 477. The number of benzene rings is 2. The molecule has 0 bridgehead atoms. The number of nitrogen functional groups attached to an aromatic ring is 1. The third kappa shape index (κ3) is 2.39. The maximum Gasteiger partial charge on any atom is 0.343 e. The van der Waals surface area contributed by atoms with Gasteiger partial charge in [0.05, 0.1) is 5.56 Å². The summed E-state index contributed by atoms with van der Waals surface area (Å²) in [6, 6.07) is 16.2. The van der Waals surface area contributed by atoms with E-state index in [4.69, 9.17) is 10.5 Å².